The average molecular weight is 896 g/mol. The molecule has 0 saturated heterocycles. The minimum Gasteiger partial charge on any atom is -0.310 e. The number of anilines is 9. The van der Waals surface area contributed by atoms with Crippen LogP contribution in [0.2, 0.25) is 0 Å². The molecule has 0 atom stereocenters. The molecule has 0 unspecified atom stereocenters. The van der Waals surface area contributed by atoms with Gasteiger partial charge in [0.25, 0.3) is 0 Å². The van der Waals surface area contributed by atoms with E-state index >= 15 is 0 Å². The van der Waals surface area contributed by atoms with Crippen molar-refractivity contribution >= 4 is 114 Å². The molecule has 12 aromatic rings. The van der Waals surface area contributed by atoms with Crippen molar-refractivity contribution in [3.05, 3.63) is 248 Å². The molecule has 0 aliphatic rings. The SMILES string of the molecule is Cc1cccc(N(c2ccccc2)c2cc(N(c3ccccc3)c3cccc(C)c3)cc(N(c3ccc(-c4cccc5c4sc4ccccc45)cc3)c3cccc4c3sc3ccccc34)c2)c1. The average Bonchev–Trinajstić information content (AvgIpc) is 3.95. The standard InChI is InChI=1S/C62H45N3S2/c1-42-17-13-23-48(37-42)63(45-19-5-3-6-20-45)50-39-51(64(46-21-7-4-8-22-46)49-24-14-18-43(2)38-49)41-52(40-50)65(58-30-16-29-57-55-26-10-12-32-60(55)67-62(57)58)47-35-33-44(34-36-47)53-27-15-28-56-54-25-9-11-31-59(54)66-61(53)56/h3-41H,1-2H3. The van der Waals surface area contributed by atoms with Crippen molar-refractivity contribution in [1.29, 1.82) is 0 Å². The van der Waals surface area contributed by atoms with Gasteiger partial charge in [-0.3, -0.25) is 0 Å². The predicted octanol–water partition coefficient (Wildman–Crippen LogP) is 19.1. The maximum atomic E-state index is 2.48. The molecule has 0 saturated carbocycles. The molecule has 3 nitrogen and oxygen atoms in total. The number of benzene rings is 10. The molecule has 0 radical (unpaired) electrons. The summed E-state index contributed by atoms with van der Waals surface area (Å²) in [6.45, 7) is 4.34. The van der Waals surface area contributed by atoms with E-state index in [1.165, 1.54) is 62.6 Å². The van der Waals surface area contributed by atoms with E-state index < -0.39 is 0 Å². The molecule has 5 heteroatoms. The van der Waals surface area contributed by atoms with Gasteiger partial charge in [-0.05, 0) is 133 Å². The largest absolute Gasteiger partial charge is 0.310 e. The fraction of sp³-hybridized carbons (Fsp3) is 0.0323. The molecule has 12 rings (SSSR count). The van der Waals surface area contributed by atoms with E-state index in [0.717, 1.165) is 51.2 Å². The molecule has 2 aromatic heterocycles. The highest BCUT2D eigenvalue weighted by Gasteiger charge is 2.24. The molecule has 0 amide bonds. The molecule has 0 spiro atoms. The fourth-order valence-electron chi connectivity index (χ4n) is 9.65. The van der Waals surface area contributed by atoms with Crippen LogP contribution in [0.25, 0.3) is 51.5 Å². The summed E-state index contributed by atoms with van der Waals surface area (Å²) in [5.41, 5.74) is 14.5. The lowest BCUT2D eigenvalue weighted by atomic mass is 10.0. The third-order valence-electron chi connectivity index (χ3n) is 12.7. The highest BCUT2D eigenvalue weighted by molar-refractivity contribution is 7.26. The Kier molecular flexibility index (Phi) is 10.4. The normalized spacial score (nSPS) is 11.4. The highest BCUT2D eigenvalue weighted by Crippen LogP contribution is 2.50. The summed E-state index contributed by atoms with van der Waals surface area (Å²) < 4.78 is 5.14. The summed E-state index contributed by atoms with van der Waals surface area (Å²) in [7, 11) is 0. The van der Waals surface area contributed by atoms with Crippen molar-refractivity contribution in [1.82, 2.24) is 0 Å². The second-order valence-electron chi connectivity index (χ2n) is 17.1. The van der Waals surface area contributed by atoms with E-state index in [0.29, 0.717) is 0 Å². The van der Waals surface area contributed by atoms with Crippen LogP contribution in [0.15, 0.2) is 237 Å². The summed E-state index contributed by atoms with van der Waals surface area (Å²) in [5.74, 6) is 0. The fourth-order valence-corrected chi connectivity index (χ4v) is 12.1. The first-order chi connectivity index (χ1) is 33.0. The van der Waals surface area contributed by atoms with Gasteiger partial charge in [-0.25, -0.2) is 0 Å². The van der Waals surface area contributed by atoms with Gasteiger partial charge in [-0.1, -0.05) is 140 Å². The summed E-state index contributed by atoms with van der Waals surface area (Å²) in [6, 6.07) is 86.5. The van der Waals surface area contributed by atoms with Crippen LogP contribution < -0.4 is 14.7 Å². The Bertz CT molecular complexity index is 3630. The third kappa shape index (κ3) is 7.49. The third-order valence-corrected chi connectivity index (χ3v) is 15.1. The molecule has 67 heavy (non-hydrogen) atoms. The number of hydrogen-bond donors (Lipinski definition) is 0. The van der Waals surface area contributed by atoms with Gasteiger partial charge in [-0.2, -0.15) is 0 Å². The van der Waals surface area contributed by atoms with Crippen LogP contribution in [0, 0.1) is 13.8 Å². The lowest BCUT2D eigenvalue weighted by Gasteiger charge is -2.33. The van der Waals surface area contributed by atoms with Gasteiger partial charge in [0.1, 0.15) is 0 Å². The maximum absolute atomic E-state index is 2.48. The van der Waals surface area contributed by atoms with Crippen molar-refractivity contribution in [2.24, 2.45) is 0 Å². The molecule has 0 fully saturated rings. The number of para-hydroxylation sites is 2. The van der Waals surface area contributed by atoms with E-state index in [1.807, 2.05) is 22.7 Å². The number of nitrogens with zero attached hydrogens (tertiary/aromatic N) is 3. The zero-order valence-electron chi connectivity index (χ0n) is 37.2. The second kappa shape index (κ2) is 17.1. The minimum atomic E-state index is 1.04. The Morgan fingerprint density at radius 3 is 1.25 bits per heavy atom. The lowest BCUT2D eigenvalue weighted by Crippen LogP contribution is -2.16. The molecule has 10 aromatic carbocycles. The first-order valence-electron chi connectivity index (χ1n) is 22.7. The minimum absolute atomic E-state index is 1.04. The maximum Gasteiger partial charge on any atom is 0.0640 e. The van der Waals surface area contributed by atoms with Crippen molar-refractivity contribution in [3.8, 4) is 11.1 Å². The molecule has 0 aliphatic carbocycles. The number of aryl methyl sites for hydroxylation is 2. The number of thiophene rings is 2. The zero-order chi connectivity index (χ0) is 44.8. The van der Waals surface area contributed by atoms with E-state index in [-0.39, 0.29) is 0 Å². The monoisotopic (exact) mass is 895 g/mol. The zero-order valence-corrected chi connectivity index (χ0v) is 38.8. The number of fused-ring (bicyclic) bond motifs is 6. The number of rotatable bonds is 10. The van der Waals surface area contributed by atoms with Gasteiger partial charge >= 0.3 is 0 Å². The van der Waals surface area contributed by atoms with E-state index in [4.69, 9.17) is 0 Å². The topological polar surface area (TPSA) is 9.72 Å². The first-order valence-corrected chi connectivity index (χ1v) is 24.4. The van der Waals surface area contributed by atoms with Gasteiger partial charge in [0.2, 0.25) is 0 Å². The van der Waals surface area contributed by atoms with Gasteiger partial charge in [0.15, 0.2) is 0 Å². The van der Waals surface area contributed by atoms with Crippen molar-refractivity contribution in [3.63, 3.8) is 0 Å². The summed E-state index contributed by atoms with van der Waals surface area (Å²) in [6.07, 6.45) is 0. The van der Waals surface area contributed by atoms with Gasteiger partial charge in [0, 0.05) is 64.1 Å². The predicted molar refractivity (Wildman–Crippen MR) is 291 cm³/mol. The van der Waals surface area contributed by atoms with E-state index in [1.54, 1.807) is 0 Å². The molecule has 0 aliphatic heterocycles. The Balaban J connectivity index is 1.13. The van der Waals surface area contributed by atoms with Crippen LogP contribution >= 0.6 is 22.7 Å². The molecule has 2 heterocycles. The van der Waals surface area contributed by atoms with Gasteiger partial charge in [0.05, 0.1) is 27.4 Å². The molecule has 0 bridgehead atoms. The Morgan fingerprint density at radius 2 is 0.701 bits per heavy atom. The second-order valence-corrected chi connectivity index (χ2v) is 19.2. The van der Waals surface area contributed by atoms with Crippen LogP contribution in [0.5, 0.6) is 0 Å². The molecular weight excluding hydrogens is 851 g/mol. The Morgan fingerprint density at radius 1 is 0.284 bits per heavy atom. The first kappa shape index (κ1) is 40.5. The van der Waals surface area contributed by atoms with E-state index in [9.17, 15) is 0 Å². The van der Waals surface area contributed by atoms with Gasteiger partial charge in [-0.15, -0.1) is 22.7 Å². The van der Waals surface area contributed by atoms with Crippen molar-refractivity contribution < 1.29 is 0 Å². The number of hydrogen-bond acceptors (Lipinski definition) is 5. The van der Waals surface area contributed by atoms with Crippen LogP contribution in [-0.2, 0) is 0 Å². The van der Waals surface area contributed by atoms with Crippen LogP contribution in [-0.4, -0.2) is 0 Å². The van der Waals surface area contributed by atoms with Gasteiger partial charge < -0.3 is 14.7 Å². The molecule has 0 N–H and O–H groups in total. The molecule has 320 valence electrons. The summed E-state index contributed by atoms with van der Waals surface area (Å²) in [5, 5.41) is 5.14. The van der Waals surface area contributed by atoms with Crippen LogP contribution in [0.3, 0.4) is 0 Å². The lowest BCUT2D eigenvalue weighted by molar-refractivity contribution is 1.22. The highest BCUT2D eigenvalue weighted by atomic mass is 32.1. The van der Waals surface area contributed by atoms with E-state index in [2.05, 4.69) is 265 Å². The Hall–Kier alpha value is -7.96. The quantitative estimate of drug-likeness (QED) is 0.135. The summed E-state index contributed by atoms with van der Waals surface area (Å²) in [4.78, 5) is 7.27. The van der Waals surface area contributed by atoms with Crippen LogP contribution in [0.1, 0.15) is 11.1 Å². The molecular formula is C62H45N3S2. The van der Waals surface area contributed by atoms with Crippen molar-refractivity contribution in [2.75, 3.05) is 14.7 Å². The van der Waals surface area contributed by atoms with Crippen LogP contribution in [0.4, 0.5) is 51.2 Å². The Labute approximate surface area is 399 Å². The van der Waals surface area contributed by atoms with Crippen molar-refractivity contribution in [2.45, 2.75) is 13.8 Å². The smallest absolute Gasteiger partial charge is 0.0640 e. The summed E-state index contributed by atoms with van der Waals surface area (Å²) >= 11 is 3.74.